The normalized spacial score (nSPS) is 16.8. The Labute approximate surface area is 144 Å². The molecule has 1 aliphatic rings. The van der Waals surface area contributed by atoms with E-state index < -0.39 is 6.10 Å². The maximum Gasteiger partial charge on any atom is 0.119 e. The van der Waals surface area contributed by atoms with Crippen LogP contribution >= 0.6 is 0 Å². The molecule has 4 heteroatoms. The molecule has 1 N–H and O–H groups in total. The van der Waals surface area contributed by atoms with Crippen molar-refractivity contribution < 1.29 is 9.84 Å². The van der Waals surface area contributed by atoms with Crippen LogP contribution in [0.1, 0.15) is 5.56 Å². The highest BCUT2D eigenvalue weighted by Gasteiger charge is 2.20. The summed E-state index contributed by atoms with van der Waals surface area (Å²) in [6.45, 7) is 7.09. The molecule has 1 aliphatic heterocycles. The Kier molecular flexibility index (Phi) is 5.72. The fraction of sp³-hybridized carbons (Fsp3) is 0.400. The highest BCUT2D eigenvalue weighted by Crippen LogP contribution is 2.20. The highest BCUT2D eigenvalue weighted by molar-refractivity contribution is 5.53. The number of aliphatic hydroxyl groups is 1. The Hall–Kier alpha value is -2.04. The Balaban J connectivity index is 1.43. The smallest absolute Gasteiger partial charge is 0.119 e. The topological polar surface area (TPSA) is 35.9 Å². The Morgan fingerprint density at radius 2 is 1.62 bits per heavy atom. The average Bonchev–Trinajstić information content (AvgIpc) is 2.62. The first kappa shape index (κ1) is 16.8. The molecule has 1 atom stereocenters. The third kappa shape index (κ3) is 4.49. The second-order valence-electron chi connectivity index (χ2n) is 6.35. The maximum atomic E-state index is 10.2. The summed E-state index contributed by atoms with van der Waals surface area (Å²) < 4.78 is 5.63. The van der Waals surface area contributed by atoms with Crippen molar-refractivity contribution in [2.45, 2.75) is 13.0 Å². The quantitative estimate of drug-likeness (QED) is 0.885. The first-order chi connectivity index (χ1) is 11.7. The molecule has 3 rings (SSSR count). The summed E-state index contributed by atoms with van der Waals surface area (Å²) >= 11 is 0. The molecule has 0 radical (unpaired) electrons. The lowest BCUT2D eigenvalue weighted by atomic mass is 10.1. The van der Waals surface area contributed by atoms with Gasteiger partial charge in [-0.2, -0.15) is 0 Å². The molecule has 1 unspecified atom stereocenters. The van der Waals surface area contributed by atoms with Gasteiger partial charge in [-0.1, -0.05) is 36.4 Å². The third-order valence-electron chi connectivity index (χ3n) is 4.48. The molecule has 2 aromatic carbocycles. The van der Waals surface area contributed by atoms with Crippen molar-refractivity contribution in [1.82, 2.24) is 4.90 Å². The number of ether oxygens (including phenoxy) is 1. The Morgan fingerprint density at radius 3 is 2.33 bits per heavy atom. The number of aliphatic hydroxyl groups excluding tert-OH is 1. The van der Waals surface area contributed by atoms with Crippen LogP contribution in [0.3, 0.4) is 0 Å². The molecule has 0 saturated carbocycles. The number of aryl methyl sites for hydroxylation is 1. The molecule has 0 bridgehead atoms. The lowest BCUT2D eigenvalue weighted by Crippen LogP contribution is -2.49. The van der Waals surface area contributed by atoms with Crippen LogP contribution in [-0.2, 0) is 0 Å². The number of rotatable bonds is 6. The molecule has 1 heterocycles. The number of β-amino-alcohol motifs (C(OH)–C–C–N with tert-alkyl or cyclic N) is 1. The summed E-state index contributed by atoms with van der Waals surface area (Å²) in [6, 6.07) is 18.2. The maximum absolute atomic E-state index is 10.2. The SMILES string of the molecule is Cc1ccccc1N1CCN(CC(O)COc2ccccc2)CC1. The van der Waals surface area contributed by atoms with E-state index in [0.29, 0.717) is 13.2 Å². The van der Waals surface area contributed by atoms with E-state index >= 15 is 0 Å². The van der Waals surface area contributed by atoms with Gasteiger partial charge in [0, 0.05) is 38.4 Å². The number of hydrogen-bond acceptors (Lipinski definition) is 4. The minimum atomic E-state index is -0.463. The molecule has 1 saturated heterocycles. The minimum absolute atomic E-state index is 0.335. The molecular formula is C20H26N2O2. The van der Waals surface area contributed by atoms with Crippen LogP contribution in [0, 0.1) is 6.92 Å². The van der Waals surface area contributed by atoms with Gasteiger partial charge in [0.1, 0.15) is 18.5 Å². The number of hydrogen-bond donors (Lipinski definition) is 1. The van der Waals surface area contributed by atoms with Crippen molar-refractivity contribution in [3.63, 3.8) is 0 Å². The third-order valence-corrected chi connectivity index (χ3v) is 4.48. The van der Waals surface area contributed by atoms with Crippen LogP contribution in [0.2, 0.25) is 0 Å². The predicted molar refractivity (Wildman–Crippen MR) is 97.8 cm³/mol. The lowest BCUT2D eigenvalue weighted by Gasteiger charge is -2.37. The number of anilines is 1. The van der Waals surface area contributed by atoms with E-state index in [-0.39, 0.29) is 0 Å². The van der Waals surface area contributed by atoms with E-state index in [4.69, 9.17) is 4.74 Å². The number of piperazine rings is 1. The van der Waals surface area contributed by atoms with Gasteiger partial charge in [-0.15, -0.1) is 0 Å². The van der Waals surface area contributed by atoms with Crippen molar-refractivity contribution in [1.29, 1.82) is 0 Å². The lowest BCUT2D eigenvalue weighted by molar-refractivity contribution is 0.0663. The summed E-state index contributed by atoms with van der Waals surface area (Å²) in [5.41, 5.74) is 2.65. The molecular weight excluding hydrogens is 300 g/mol. The fourth-order valence-corrected chi connectivity index (χ4v) is 3.15. The van der Waals surface area contributed by atoms with E-state index in [0.717, 1.165) is 31.9 Å². The molecule has 0 aliphatic carbocycles. The molecule has 0 spiro atoms. The van der Waals surface area contributed by atoms with Gasteiger partial charge in [0.05, 0.1) is 0 Å². The van der Waals surface area contributed by atoms with Crippen molar-refractivity contribution in [2.75, 3.05) is 44.2 Å². The molecule has 4 nitrogen and oxygen atoms in total. The summed E-state index contributed by atoms with van der Waals surface area (Å²) in [5.74, 6) is 0.806. The second kappa shape index (κ2) is 8.18. The minimum Gasteiger partial charge on any atom is -0.491 e. The largest absolute Gasteiger partial charge is 0.491 e. The molecule has 1 fully saturated rings. The molecule has 2 aromatic rings. The number of benzene rings is 2. The van der Waals surface area contributed by atoms with Crippen LogP contribution in [-0.4, -0.2) is 55.4 Å². The summed E-state index contributed by atoms with van der Waals surface area (Å²) in [4.78, 5) is 4.74. The van der Waals surface area contributed by atoms with E-state index in [1.807, 2.05) is 30.3 Å². The van der Waals surface area contributed by atoms with Gasteiger partial charge in [0.2, 0.25) is 0 Å². The van der Waals surface area contributed by atoms with Crippen LogP contribution in [0.25, 0.3) is 0 Å². The van der Waals surface area contributed by atoms with Gasteiger partial charge in [-0.3, -0.25) is 4.90 Å². The van der Waals surface area contributed by atoms with Gasteiger partial charge in [-0.25, -0.2) is 0 Å². The van der Waals surface area contributed by atoms with Gasteiger partial charge >= 0.3 is 0 Å². The zero-order valence-electron chi connectivity index (χ0n) is 14.3. The zero-order chi connectivity index (χ0) is 16.8. The number of para-hydroxylation sites is 2. The molecule has 0 amide bonds. The summed E-state index contributed by atoms with van der Waals surface area (Å²) in [5, 5.41) is 10.2. The van der Waals surface area contributed by atoms with Crippen molar-refractivity contribution in [3.05, 3.63) is 60.2 Å². The number of nitrogens with zero attached hydrogens (tertiary/aromatic N) is 2. The zero-order valence-corrected chi connectivity index (χ0v) is 14.3. The average molecular weight is 326 g/mol. The summed E-state index contributed by atoms with van der Waals surface area (Å²) in [6.07, 6.45) is -0.463. The van der Waals surface area contributed by atoms with Crippen molar-refractivity contribution in [3.8, 4) is 5.75 Å². The van der Waals surface area contributed by atoms with Crippen LogP contribution in [0.4, 0.5) is 5.69 Å². The predicted octanol–water partition coefficient (Wildman–Crippen LogP) is 2.56. The van der Waals surface area contributed by atoms with Gasteiger partial charge in [0.25, 0.3) is 0 Å². The van der Waals surface area contributed by atoms with Crippen LogP contribution in [0.5, 0.6) is 5.75 Å². The van der Waals surface area contributed by atoms with E-state index in [2.05, 4.69) is 41.0 Å². The Bertz CT molecular complexity index is 625. The monoisotopic (exact) mass is 326 g/mol. The summed E-state index contributed by atoms with van der Waals surface area (Å²) in [7, 11) is 0. The van der Waals surface area contributed by atoms with Gasteiger partial charge < -0.3 is 14.7 Å². The van der Waals surface area contributed by atoms with Gasteiger partial charge in [-0.05, 0) is 30.7 Å². The van der Waals surface area contributed by atoms with E-state index in [1.165, 1.54) is 11.3 Å². The molecule has 0 aromatic heterocycles. The molecule has 128 valence electrons. The fourth-order valence-electron chi connectivity index (χ4n) is 3.15. The van der Waals surface area contributed by atoms with E-state index in [1.54, 1.807) is 0 Å². The standard InChI is InChI=1S/C20H26N2O2/c1-17-7-5-6-10-20(17)22-13-11-21(12-14-22)15-18(23)16-24-19-8-3-2-4-9-19/h2-10,18,23H,11-16H2,1H3. The second-order valence-corrected chi connectivity index (χ2v) is 6.35. The van der Waals surface area contributed by atoms with Crippen molar-refractivity contribution >= 4 is 5.69 Å². The van der Waals surface area contributed by atoms with Crippen LogP contribution < -0.4 is 9.64 Å². The Morgan fingerprint density at radius 1 is 0.958 bits per heavy atom. The van der Waals surface area contributed by atoms with Crippen molar-refractivity contribution in [2.24, 2.45) is 0 Å². The first-order valence-corrected chi connectivity index (χ1v) is 8.61. The van der Waals surface area contributed by atoms with Crippen LogP contribution in [0.15, 0.2) is 54.6 Å². The first-order valence-electron chi connectivity index (χ1n) is 8.61. The van der Waals surface area contributed by atoms with E-state index in [9.17, 15) is 5.11 Å². The highest BCUT2D eigenvalue weighted by atomic mass is 16.5. The van der Waals surface area contributed by atoms with Gasteiger partial charge in [0.15, 0.2) is 0 Å². The molecule has 24 heavy (non-hydrogen) atoms.